The van der Waals surface area contributed by atoms with Crippen LogP contribution in [0.15, 0.2) is 78.2 Å². The Labute approximate surface area is 154 Å². The maximum atomic E-state index is 12.9. The van der Waals surface area contributed by atoms with Crippen molar-refractivity contribution in [3.63, 3.8) is 0 Å². The van der Waals surface area contributed by atoms with E-state index in [0.717, 1.165) is 5.56 Å². The van der Waals surface area contributed by atoms with E-state index in [9.17, 15) is 14.0 Å². The van der Waals surface area contributed by atoms with E-state index < -0.39 is 5.82 Å². The standard InChI is InChI=1S/C20H15FN4O2/c21-17-5-1-15(2-6-17)19(26)24-18-7-3-16(4-8-18)20(27)25-23-13-14-9-11-22-12-10-14/h1-13H,(H,24,26)(H,25,27). The third-order valence-electron chi connectivity index (χ3n) is 3.60. The molecule has 2 aromatic carbocycles. The van der Waals surface area contributed by atoms with Crippen LogP contribution in [0.2, 0.25) is 0 Å². The Hall–Kier alpha value is -3.87. The van der Waals surface area contributed by atoms with Gasteiger partial charge in [0.1, 0.15) is 5.82 Å². The van der Waals surface area contributed by atoms with Crippen molar-refractivity contribution >= 4 is 23.7 Å². The number of amides is 2. The first-order valence-electron chi connectivity index (χ1n) is 8.02. The Morgan fingerprint density at radius 1 is 0.852 bits per heavy atom. The van der Waals surface area contributed by atoms with E-state index in [-0.39, 0.29) is 11.8 Å². The number of carbonyl (C=O) groups is 2. The Kier molecular flexibility index (Phi) is 5.64. The van der Waals surface area contributed by atoms with Crippen LogP contribution in [0.25, 0.3) is 0 Å². The topological polar surface area (TPSA) is 83.4 Å². The van der Waals surface area contributed by atoms with Gasteiger partial charge < -0.3 is 5.32 Å². The molecule has 0 aliphatic heterocycles. The quantitative estimate of drug-likeness (QED) is 0.540. The van der Waals surface area contributed by atoms with E-state index in [0.29, 0.717) is 16.8 Å². The number of nitrogens with one attached hydrogen (secondary N) is 2. The first-order chi connectivity index (χ1) is 13.1. The molecule has 0 bridgehead atoms. The second kappa shape index (κ2) is 8.48. The van der Waals surface area contributed by atoms with E-state index in [1.54, 1.807) is 48.8 Å². The number of halogens is 1. The summed E-state index contributed by atoms with van der Waals surface area (Å²) in [6, 6.07) is 15.1. The molecule has 0 aliphatic carbocycles. The van der Waals surface area contributed by atoms with E-state index in [2.05, 4.69) is 20.8 Å². The molecule has 7 heteroatoms. The number of carbonyl (C=O) groups excluding carboxylic acids is 2. The lowest BCUT2D eigenvalue weighted by Gasteiger charge is -2.06. The Morgan fingerprint density at radius 2 is 1.44 bits per heavy atom. The van der Waals surface area contributed by atoms with Gasteiger partial charge in [-0.1, -0.05) is 0 Å². The predicted molar refractivity (Wildman–Crippen MR) is 100 cm³/mol. The first-order valence-corrected chi connectivity index (χ1v) is 8.02. The molecular formula is C20H15FN4O2. The fraction of sp³-hybridized carbons (Fsp3) is 0. The van der Waals surface area contributed by atoms with Crippen LogP contribution < -0.4 is 10.7 Å². The molecule has 2 amide bonds. The highest BCUT2D eigenvalue weighted by Crippen LogP contribution is 2.12. The van der Waals surface area contributed by atoms with Crippen molar-refractivity contribution in [2.45, 2.75) is 0 Å². The molecule has 1 aromatic heterocycles. The summed E-state index contributed by atoms with van der Waals surface area (Å²) in [6.07, 6.45) is 4.77. The number of rotatable bonds is 5. The molecule has 3 rings (SSSR count). The average Bonchev–Trinajstić information content (AvgIpc) is 2.70. The fourth-order valence-electron chi connectivity index (χ4n) is 2.19. The summed E-state index contributed by atoms with van der Waals surface area (Å²) >= 11 is 0. The number of hydrogen-bond donors (Lipinski definition) is 2. The van der Waals surface area contributed by atoms with Crippen LogP contribution in [0.3, 0.4) is 0 Å². The second-order valence-corrected chi connectivity index (χ2v) is 5.52. The lowest BCUT2D eigenvalue weighted by molar-refractivity contribution is 0.0954. The number of pyridine rings is 1. The number of nitrogens with zero attached hydrogens (tertiary/aromatic N) is 2. The maximum Gasteiger partial charge on any atom is 0.271 e. The first kappa shape index (κ1) is 17.9. The van der Waals surface area contributed by atoms with Crippen molar-refractivity contribution < 1.29 is 14.0 Å². The molecule has 134 valence electrons. The Morgan fingerprint density at radius 3 is 2.11 bits per heavy atom. The summed E-state index contributed by atoms with van der Waals surface area (Å²) in [7, 11) is 0. The third kappa shape index (κ3) is 5.05. The molecule has 0 fully saturated rings. The van der Waals surface area contributed by atoms with E-state index in [1.165, 1.54) is 30.5 Å². The lowest BCUT2D eigenvalue weighted by Crippen LogP contribution is -2.17. The van der Waals surface area contributed by atoms with Gasteiger partial charge in [-0.25, -0.2) is 9.82 Å². The van der Waals surface area contributed by atoms with Gasteiger partial charge in [0.15, 0.2) is 0 Å². The van der Waals surface area contributed by atoms with Crippen molar-refractivity contribution in [2.24, 2.45) is 5.10 Å². The molecule has 0 aliphatic rings. The highest BCUT2D eigenvalue weighted by Gasteiger charge is 2.08. The van der Waals surface area contributed by atoms with Crippen LogP contribution in [-0.2, 0) is 0 Å². The number of hydrogen-bond acceptors (Lipinski definition) is 4. The Balaban J connectivity index is 1.57. The normalized spacial score (nSPS) is 10.6. The minimum Gasteiger partial charge on any atom is -0.322 e. The van der Waals surface area contributed by atoms with Crippen LogP contribution >= 0.6 is 0 Å². The molecule has 0 atom stereocenters. The predicted octanol–water partition coefficient (Wildman–Crippen LogP) is 3.24. The zero-order chi connectivity index (χ0) is 19.1. The number of aromatic nitrogens is 1. The van der Waals surface area contributed by atoms with Gasteiger partial charge in [-0.3, -0.25) is 14.6 Å². The molecule has 0 unspecified atom stereocenters. The van der Waals surface area contributed by atoms with Crippen LogP contribution in [0, 0.1) is 5.82 Å². The van der Waals surface area contributed by atoms with Gasteiger partial charge in [0.05, 0.1) is 6.21 Å². The molecule has 0 saturated carbocycles. The van der Waals surface area contributed by atoms with E-state index >= 15 is 0 Å². The van der Waals surface area contributed by atoms with Crippen molar-refractivity contribution in [3.8, 4) is 0 Å². The van der Waals surface area contributed by atoms with E-state index in [1.807, 2.05) is 0 Å². The molecule has 0 spiro atoms. The Bertz CT molecular complexity index is 956. The van der Waals surface area contributed by atoms with Crippen molar-refractivity contribution in [1.29, 1.82) is 0 Å². The molecule has 6 nitrogen and oxygen atoms in total. The van der Waals surface area contributed by atoms with Gasteiger partial charge in [-0.15, -0.1) is 0 Å². The highest BCUT2D eigenvalue weighted by molar-refractivity contribution is 6.04. The molecular weight excluding hydrogens is 347 g/mol. The zero-order valence-electron chi connectivity index (χ0n) is 14.1. The maximum absolute atomic E-state index is 12.9. The lowest BCUT2D eigenvalue weighted by atomic mass is 10.1. The van der Waals surface area contributed by atoms with Crippen molar-refractivity contribution in [1.82, 2.24) is 10.4 Å². The number of benzene rings is 2. The van der Waals surface area contributed by atoms with Gasteiger partial charge >= 0.3 is 0 Å². The van der Waals surface area contributed by atoms with Gasteiger partial charge in [-0.05, 0) is 66.2 Å². The van der Waals surface area contributed by atoms with Gasteiger partial charge in [0, 0.05) is 29.2 Å². The smallest absolute Gasteiger partial charge is 0.271 e. The SMILES string of the molecule is O=C(NN=Cc1ccncc1)c1ccc(NC(=O)c2ccc(F)cc2)cc1. The fourth-order valence-corrected chi connectivity index (χ4v) is 2.19. The van der Waals surface area contributed by atoms with E-state index in [4.69, 9.17) is 0 Å². The molecule has 0 radical (unpaired) electrons. The minimum absolute atomic E-state index is 0.337. The second-order valence-electron chi connectivity index (χ2n) is 5.52. The van der Waals surface area contributed by atoms with Crippen LogP contribution in [0.1, 0.15) is 26.3 Å². The molecule has 2 N–H and O–H groups in total. The molecule has 3 aromatic rings. The summed E-state index contributed by atoms with van der Waals surface area (Å²) < 4.78 is 12.9. The number of hydrazone groups is 1. The monoisotopic (exact) mass is 362 g/mol. The summed E-state index contributed by atoms with van der Waals surface area (Å²) in [5.41, 5.74) is 4.48. The third-order valence-corrected chi connectivity index (χ3v) is 3.60. The highest BCUT2D eigenvalue weighted by atomic mass is 19.1. The van der Waals surface area contributed by atoms with Gasteiger partial charge in [0.2, 0.25) is 0 Å². The minimum atomic E-state index is -0.409. The molecule has 0 saturated heterocycles. The largest absolute Gasteiger partial charge is 0.322 e. The number of anilines is 1. The van der Waals surface area contributed by atoms with Crippen LogP contribution in [0.5, 0.6) is 0 Å². The van der Waals surface area contributed by atoms with Crippen molar-refractivity contribution in [3.05, 3.63) is 95.6 Å². The van der Waals surface area contributed by atoms with Crippen molar-refractivity contribution in [2.75, 3.05) is 5.32 Å². The average molecular weight is 362 g/mol. The van der Waals surface area contributed by atoms with Gasteiger partial charge in [0.25, 0.3) is 11.8 Å². The molecule has 27 heavy (non-hydrogen) atoms. The summed E-state index contributed by atoms with van der Waals surface area (Å²) in [4.78, 5) is 28.0. The van der Waals surface area contributed by atoms with Crippen LogP contribution in [0.4, 0.5) is 10.1 Å². The summed E-state index contributed by atoms with van der Waals surface area (Å²) in [6.45, 7) is 0. The summed E-state index contributed by atoms with van der Waals surface area (Å²) in [5, 5.41) is 6.56. The molecule has 1 heterocycles. The zero-order valence-corrected chi connectivity index (χ0v) is 14.1. The van der Waals surface area contributed by atoms with Crippen LogP contribution in [-0.4, -0.2) is 23.0 Å². The van der Waals surface area contributed by atoms with Gasteiger partial charge in [-0.2, -0.15) is 5.10 Å². The summed E-state index contributed by atoms with van der Waals surface area (Å²) in [5.74, 6) is -1.15.